The molecule has 2 rings (SSSR count). The molecule has 18 heavy (non-hydrogen) atoms. The van der Waals surface area contributed by atoms with Crippen LogP contribution in [0.2, 0.25) is 0 Å². The van der Waals surface area contributed by atoms with Gasteiger partial charge in [-0.25, -0.2) is 0 Å². The summed E-state index contributed by atoms with van der Waals surface area (Å²) in [5.74, 6) is 0.673. The molecule has 1 unspecified atom stereocenters. The maximum Gasteiger partial charge on any atom is 0.248 e. The van der Waals surface area contributed by atoms with Gasteiger partial charge in [0.2, 0.25) is 5.91 Å². The van der Waals surface area contributed by atoms with Crippen LogP contribution in [0.3, 0.4) is 0 Å². The molecular weight excluding hydrogens is 232 g/mol. The van der Waals surface area contributed by atoms with Gasteiger partial charge in [-0.1, -0.05) is 6.92 Å². The van der Waals surface area contributed by atoms with Crippen LogP contribution in [0.25, 0.3) is 0 Å². The average Bonchev–Trinajstić information content (AvgIpc) is 2.42. The van der Waals surface area contributed by atoms with Crippen molar-refractivity contribution in [1.29, 1.82) is 0 Å². The van der Waals surface area contributed by atoms with E-state index in [0.29, 0.717) is 12.5 Å². The van der Waals surface area contributed by atoms with Crippen molar-refractivity contribution in [2.24, 2.45) is 5.92 Å². The van der Waals surface area contributed by atoms with Gasteiger partial charge in [-0.2, -0.15) is 0 Å². The molecule has 2 heterocycles. The summed E-state index contributed by atoms with van der Waals surface area (Å²) in [6.45, 7) is 7.09. The number of aliphatic hydroxyl groups excluding tert-OH is 1. The molecule has 1 N–H and O–H groups in total. The third-order valence-electron chi connectivity index (χ3n) is 4.06. The van der Waals surface area contributed by atoms with E-state index >= 15 is 0 Å². The van der Waals surface area contributed by atoms with Crippen LogP contribution in [0.4, 0.5) is 0 Å². The molecule has 0 aromatic rings. The van der Waals surface area contributed by atoms with Crippen molar-refractivity contribution in [3.8, 4) is 0 Å². The summed E-state index contributed by atoms with van der Waals surface area (Å²) in [7, 11) is 0. The van der Waals surface area contributed by atoms with E-state index in [9.17, 15) is 4.79 Å². The summed E-state index contributed by atoms with van der Waals surface area (Å²) in [6.07, 6.45) is 2.14. The van der Waals surface area contributed by atoms with E-state index in [1.165, 1.54) is 12.8 Å². The first-order valence-corrected chi connectivity index (χ1v) is 6.95. The number of amides is 1. The smallest absolute Gasteiger partial charge is 0.248 e. The number of hydrogen-bond acceptors (Lipinski definition) is 4. The van der Waals surface area contributed by atoms with Crippen LogP contribution in [0.15, 0.2) is 0 Å². The van der Waals surface area contributed by atoms with Crippen LogP contribution >= 0.6 is 0 Å². The van der Waals surface area contributed by atoms with Gasteiger partial charge in [0.05, 0.1) is 12.7 Å². The molecule has 2 aliphatic heterocycles. The van der Waals surface area contributed by atoms with Gasteiger partial charge in [0.15, 0.2) is 0 Å². The predicted octanol–water partition coefficient (Wildman–Crippen LogP) is -0.0620. The standard InChI is InChI=1S/C13H24N2O3/c1-2-14-5-3-11(4-6-14)7-15-8-12(9-16)18-10-13(15)17/h11-12,16H,2-10H2,1H3. The van der Waals surface area contributed by atoms with Crippen LogP contribution in [-0.4, -0.2) is 72.9 Å². The lowest BCUT2D eigenvalue weighted by molar-refractivity contribution is -0.152. The molecule has 0 aliphatic carbocycles. The molecule has 5 nitrogen and oxygen atoms in total. The highest BCUT2D eigenvalue weighted by Crippen LogP contribution is 2.19. The van der Waals surface area contributed by atoms with Crippen molar-refractivity contribution in [2.45, 2.75) is 25.9 Å². The topological polar surface area (TPSA) is 53.0 Å². The van der Waals surface area contributed by atoms with Gasteiger partial charge in [-0.05, 0) is 38.4 Å². The van der Waals surface area contributed by atoms with Crippen LogP contribution in [0.5, 0.6) is 0 Å². The number of nitrogens with zero attached hydrogens (tertiary/aromatic N) is 2. The van der Waals surface area contributed by atoms with E-state index in [-0.39, 0.29) is 25.2 Å². The largest absolute Gasteiger partial charge is 0.394 e. The van der Waals surface area contributed by atoms with Crippen molar-refractivity contribution in [3.63, 3.8) is 0 Å². The summed E-state index contributed by atoms with van der Waals surface area (Å²) in [6, 6.07) is 0. The average molecular weight is 256 g/mol. The first-order valence-electron chi connectivity index (χ1n) is 6.95. The predicted molar refractivity (Wildman–Crippen MR) is 68.2 cm³/mol. The highest BCUT2D eigenvalue weighted by molar-refractivity contribution is 5.78. The van der Waals surface area contributed by atoms with Crippen molar-refractivity contribution in [3.05, 3.63) is 0 Å². The van der Waals surface area contributed by atoms with Gasteiger partial charge in [0, 0.05) is 13.1 Å². The molecule has 0 spiro atoms. The minimum atomic E-state index is -0.196. The zero-order valence-corrected chi connectivity index (χ0v) is 11.2. The Morgan fingerprint density at radius 3 is 2.72 bits per heavy atom. The molecule has 2 saturated heterocycles. The quantitative estimate of drug-likeness (QED) is 0.765. The maximum absolute atomic E-state index is 11.8. The Hall–Kier alpha value is -0.650. The highest BCUT2D eigenvalue weighted by atomic mass is 16.5. The fourth-order valence-electron chi connectivity index (χ4n) is 2.76. The summed E-state index contributed by atoms with van der Waals surface area (Å²) < 4.78 is 5.24. The zero-order valence-electron chi connectivity index (χ0n) is 11.2. The summed E-state index contributed by atoms with van der Waals surface area (Å²) in [4.78, 5) is 16.1. The molecule has 0 radical (unpaired) electrons. The Morgan fingerprint density at radius 2 is 2.11 bits per heavy atom. The van der Waals surface area contributed by atoms with Crippen molar-refractivity contribution in [1.82, 2.24) is 9.80 Å². The zero-order chi connectivity index (χ0) is 13.0. The van der Waals surface area contributed by atoms with Gasteiger partial charge in [-0.3, -0.25) is 4.79 Å². The van der Waals surface area contributed by atoms with Crippen molar-refractivity contribution < 1.29 is 14.6 Å². The monoisotopic (exact) mass is 256 g/mol. The minimum absolute atomic E-state index is 0.00193. The molecule has 1 atom stereocenters. The third-order valence-corrected chi connectivity index (χ3v) is 4.06. The molecule has 2 aliphatic rings. The van der Waals surface area contributed by atoms with E-state index in [1.54, 1.807) is 0 Å². The maximum atomic E-state index is 11.8. The van der Waals surface area contributed by atoms with E-state index in [0.717, 1.165) is 26.2 Å². The first kappa shape index (κ1) is 13.8. The number of carbonyl (C=O) groups is 1. The number of hydrogen-bond donors (Lipinski definition) is 1. The molecular formula is C13H24N2O3. The van der Waals surface area contributed by atoms with Gasteiger partial charge in [0.1, 0.15) is 6.61 Å². The van der Waals surface area contributed by atoms with Crippen LogP contribution in [-0.2, 0) is 9.53 Å². The number of morpholine rings is 1. The van der Waals surface area contributed by atoms with Crippen molar-refractivity contribution in [2.75, 3.05) is 45.9 Å². The fourth-order valence-corrected chi connectivity index (χ4v) is 2.76. The Morgan fingerprint density at radius 1 is 1.39 bits per heavy atom. The number of piperidine rings is 1. The van der Waals surface area contributed by atoms with E-state index < -0.39 is 0 Å². The lowest BCUT2D eigenvalue weighted by atomic mass is 9.96. The van der Waals surface area contributed by atoms with Crippen LogP contribution in [0, 0.1) is 5.92 Å². The highest BCUT2D eigenvalue weighted by Gasteiger charge is 2.28. The summed E-state index contributed by atoms with van der Waals surface area (Å²) >= 11 is 0. The lowest BCUT2D eigenvalue weighted by Crippen LogP contribution is -2.50. The number of rotatable bonds is 4. The normalized spacial score (nSPS) is 27.8. The molecule has 5 heteroatoms. The van der Waals surface area contributed by atoms with E-state index in [2.05, 4.69) is 11.8 Å². The Kier molecular flexibility index (Phi) is 4.97. The molecule has 104 valence electrons. The lowest BCUT2D eigenvalue weighted by Gasteiger charge is -2.37. The Labute approximate surface area is 109 Å². The van der Waals surface area contributed by atoms with Crippen LogP contribution in [0.1, 0.15) is 19.8 Å². The Bertz CT molecular complexity index is 277. The number of likely N-dealkylation sites (tertiary alicyclic amines) is 1. The van der Waals surface area contributed by atoms with Gasteiger partial charge < -0.3 is 19.6 Å². The first-order chi connectivity index (χ1) is 8.72. The van der Waals surface area contributed by atoms with E-state index in [4.69, 9.17) is 9.84 Å². The molecule has 0 aromatic carbocycles. The SMILES string of the molecule is CCN1CCC(CN2CC(CO)OCC2=O)CC1. The molecule has 2 fully saturated rings. The van der Waals surface area contributed by atoms with Gasteiger partial charge in [0.25, 0.3) is 0 Å². The molecule has 0 aromatic heterocycles. The molecule has 0 saturated carbocycles. The third kappa shape index (κ3) is 3.43. The Balaban J connectivity index is 1.79. The summed E-state index contributed by atoms with van der Waals surface area (Å²) in [5.41, 5.74) is 0. The molecule has 1 amide bonds. The second-order valence-corrected chi connectivity index (χ2v) is 5.29. The second-order valence-electron chi connectivity index (χ2n) is 5.29. The second kappa shape index (κ2) is 6.50. The minimum Gasteiger partial charge on any atom is -0.394 e. The number of aliphatic hydroxyl groups is 1. The van der Waals surface area contributed by atoms with Crippen molar-refractivity contribution >= 4 is 5.91 Å². The summed E-state index contributed by atoms with van der Waals surface area (Å²) in [5, 5.41) is 9.10. The fraction of sp³-hybridized carbons (Fsp3) is 0.923. The number of carbonyl (C=O) groups excluding carboxylic acids is 1. The van der Waals surface area contributed by atoms with Crippen LogP contribution < -0.4 is 0 Å². The molecule has 0 bridgehead atoms. The van der Waals surface area contributed by atoms with E-state index in [1.807, 2.05) is 4.90 Å². The number of ether oxygens (including phenoxy) is 1. The van der Waals surface area contributed by atoms with Gasteiger partial charge >= 0.3 is 0 Å². The van der Waals surface area contributed by atoms with Gasteiger partial charge in [-0.15, -0.1) is 0 Å².